The molecule has 0 atom stereocenters. The number of hydrogen-bond acceptors (Lipinski definition) is 4. The van der Waals surface area contributed by atoms with Crippen LogP contribution in [0.25, 0.3) is 22.4 Å². The normalized spacial score (nSPS) is 10.7. The summed E-state index contributed by atoms with van der Waals surface area (Å²) in [5.74, 6) is 0.413. The van der Waals surface area contributed by atoms with Crippen LogP contribution in [0.3, 0.4) is 0 Å². The Balaban J connectivity index is 2.32. The average Bonchev–Trinajstić information content (AvgIpc) is 2.91. The van der Waals surface area contributed by atoms with Crippen molar-refractivity contribution in [1.82, 2.24) is 14.5 Å². The van der Waals surface area contributed by atoms with Crippen LogP contribution in [-0.2, 0) is 6.54 Å². The van der Waals surface area contributed by atoms with Crippen LogP contribution in [0.2, 0.25) is 0 Å². The molecule has 0 fully saturated rings. The summed E-state index contributed by atoms with van der Waals surface area (Å²) in [6.07, 6.45) is 0. The molecule has 3 aromatic rings. The molecule has 0 saturated heterocycles. The first-order valence-corrected chi connectivity index (χ1v) is 7.41. The zero-order chi connectivity index (χ0) is 16.4. The minimum Gasteiger partial charge on any atom is -0.324 e. The van der Waals surface area contributed by atoms with Gasteiger partial charge in [-0.2, -0.15) is 10.5 Å². The number of nitrogens with zero attached hydrogens (tertiary/aromatic N) is 5. The van der Waals surface area contributed by atoms with Crippen molar-refractivity contribution in [2.45, 2.75) is 20.4 Å². The van der Waals surface area contributed by atoms with Crippen LogP contribution >= 0.6 is 0 Å². The Bertz CT molecular complexity index is 939. The van der Waals surface area contributed by atoms with Crippen LogP contribution < -0.4 is 0 Å². The molecule has 1 aromatic carbocycles. The van der Waals surface area contributed by atoms with E-state index in [1.165, 1.54) is 0 Å². The number of nitriles is 2. The maximum Gasteiger partial charge on any atom is 0.179 e. The van der Waals surface area contributed by atoms with Gasteiger partial charge in [-0.15, -0.1) is 0 Å². The van der Waals surface area contributed by atoms with Gasteiger partial charge in [0.05, 0.1) is 5.69 Å². The maximum atomic E-state index is 9.19. The lowest BCUT2D eigenvalue weighted by molar-refractivity contribution is 0.536. The first-order chi connectivity index (χ1) is 11.1. The van der Waals surface area contributed by atoms with E-state index < -0.39 is 0 Å². The molecule has 5 heteroatoms. The van der Waals surface area contributed by atoms with E-state index in [1.807, 2.05) is 48.5 Å². The highest BCUT2D eigenvalue weighted by molar-refractivity contribution is 5.82. The Labute approximate surface area is 134 Å². The summed E-state index contributed by atoms with van der Waals surface area (Å²) in [7, 11) is 0. The summed E-state index contributed by atoms with van der Waals surface area (Å²) in [5.41, 5.74) is 3.48. The van der Waals surface area contributed by atoms with E-state index in [2.05, 4.69) is 28.4 Å². The highest BCUT2D eigenvalue weighted by Crippen LogP contribution is 2.28. The van der Waals surface area contributed by atoms with Gasteiger partial charge in [-0.25, -0.2) is 9.97 Å². The molecule has 0 aliphatic rings. The predicted octanol–water partition coefficient (Wildman–Crippen LogP) is 3.50. The van der Waals surface area contributed by atoms with Crippen molar-refractivity contribution in [1.29, 1.82) is 10.5 Å². The maximum absolute atomic E-state index is 9.19. The third-order valence-electron chi connectivity index (χ3n) is 3.55. The highest BCUT2D eigenvalue weighted by atomic mass is 15.1. The standard InChI is InChI=1S/C18H15N5/c1-12(2)11-23-17(13-6-4-3-5-7-13)8-14-18(23)22-16(10-20)15(9-19)21-14/h3-8,12H,11H2,1-2H3. The van der Waals surface area contributed by atoms with Crippen molar-refractivity contribution in [2.75, 3.05) is 0 Å². The van der Waals surface area contributed by atoms with Crippen molar-refractivity contribution in [3.8, 4) is 23.4 Å². The van der Waals surface area contributed by atoms with E-state index >= 15 is 0 Å². The van der Waals surface area contributed by atoms with Gasteiger partial charge in [0.2, 0.25) is 0 Å². The average molecular weight is 301 g/mol. The fraction of sp³-hybridized carbons (Fsp3) is 0.222. The van der Waals surface area contributed by atoms with Gasteiger partial charge < -0.3 is 4.57 Å². The van der Waals surface area contributed by atoms with E-state index in [0.29, 0.717) is 17.1 Å². The molecule has 3 rings (SSSR count). The molecule has 112 valence electrons. The number of hydrogen-bond donors (Lipinski definition) is 0. The van der Waals surface area contributed by atoms with Crippen LogP contribution in [-0.4, -0.2) is 14.5 Å². The lowest BCUT2D eigenvalue weighted by Crippen LogP contribution is -2.07. The van der Waals surface area contributed by atoms with E-state index in [4.69, 9.17) is 5.26 Å². The van der Waals surface area contributed by atoms with Crippen LogP contribution in [0.5, 0.6) is 0 Å². The van der Waals surface area contributed by atoms with Crippen molar-refractivity contribution >= 4 is 11.2 Å². The number of fused-ring (bicyclic) bond motifs is 1. The molecule has 23 heavy (non-hydrogen) atoms. The molecular weight excluding hydrogens is 286 g/mol. The predicted molar refractivity (Wildman–Crippen MR) is 87.2 cm³/mol. The molecular formula is C18H15N5. The quantitative estimate of drug-likeness (QED) is 0.741. The van der Waals surface area contributed by atoms with Crippen LogP contribution in [0, 0.1) is 28.6 Å². The number of aromatic nitrogens is 3. The summed E-state index contributed by atoms with van der Waals surface area (Å²) in [5, 5.41) is 18.3. The number of rotatable bonds is 3. The summed E-state index contributed by atoms with van der Waals surface area (Å²) in [4.78, 5) is 8.69. The van der Waals surface area contributed by atoms with Crippen LogP contribution in [0.15, 0.2) is 36.4 Å². The van der Waals surface area contributed by atoms with Gasteiger partial charge in [-0.1, -0.05) is 44.2 Å². The Morgan fingerprint density at radius 3 is 2.30 bits per heavy atom. The second kappa shape index (κ2) is 5.90. The monoisotopic (exact) mass is 301 g/mol. The zero-order valence-corrected chi connectivity index (χ0v) is 13.0. The molecule has 2 heterocycles. The first kappa shape index (κ1) is 14.7. The first-order valence-electron chi connectivity index (χ1n) is 7.41. The summed E-state index contributed by atoms with van der Waals surface area (Å²) in [6, 6.07) is 15.8. The molecule has 0 bridgehead atoms. The lowest BCUT2D eigenvalue weighted by atomic mass is 10.1. The molecule has 0 aliphatic carbocycles. The van der Waals surface area contributed by atoms with Crippen LogP contribution in [0.1, 0.15) is 25.2 Å². The van der Waals surface area contributed by atoms with Crippen molar-refractivity contribution < 1.29 is 0 Å². The Hall–Kier alpha value is -3.18. The second-order valence-electron chi connectivity index (χ2n) is 5.75. The topological polar surface area (TPSA) is 78.3 Å². The van der Waals surface area contributed by atoms with E-state index in [0.717, 1.165) is 17.8 Å². The Morgan fingerprint density at radius 2 is 1.70 bits per heavy atom. The molecule has 2 aromatic heterocycles. The smallest absolute Gasteiger partial charge is 0.179 e. The van der Waals surface area contributed by atoms with Gasteiger partial charge in [0, 0.05) is 6.54 Å². The summed E-state index contributed by atoms with van der Waals surface area (Å²) >= 11 is 0. The molecule has 0 saturated carbocycles. The lowest BCUT2D eigenvalue weighted by Gasteiger charge is -2.12. The largest absolute Gasteiger partial charge is 0.324 e. The molecule has 0 spiro atoms. The van der Waals surface area contributed by atoms with Crippen LogP contribution in [0.4, 0.5) is 0 Å². The van der Waals surface area contributed by atoms with Gasteiger partial charge >= 0.3 is 0 Å². The highest BCUT2D eigenvalue weighted by Gasteiger charge is 2.17. The molecule has 0 unspecified atom stereocenters. The Kier molecular flexibility index (Phi) is 3.78. The van der Waals surface area contributed by atoms with Gasteiger partial charge in [-0.05, 0) is 17.5 Å². The van der Waals surface area contributed by atoms with Gasteiger partial charge in [0.1, 0.15) is 17.7 Å². The Morgan fingerprint density at radius 1 is 1.04 bits per heavy atom. The van der Waals surface area contributed by atoms with E-state index in [1.54, 1.807) is 0 Å². The molecule has 0 amide bonds. The minimum absolute atomic E-state index is 0.0707. The summed E-state index contributed by atoms with van der Waals surface area (Å²) < 4.78 is 2.07. The van der Waals surface area contributed by atoms with Crippen molar-refractivity contribution in [3.05, 3.63) is 47.8 Å². The fourth-order valence-corrected chi connectivity index (χ4v) is 2.61. The fourth-order valence-electron chi connectivity index (χ4n) is 2.61. The summed E-state index contributed by atoms with van der Waals surface area (Å²) in [6.45, 7) is 5.02. The van der Waals surface area contributed by atoms with Gasteiger partial charge in [0.25, 0.3) is 0 Å². The van der Waals surface area contributed by atoms with E-state index in [-0.39, 0.29) is 11.4 Å². The second-order valence-corrected chi connectivity index (χ2v) is 5.75. The third-order valence-corrected chi connectivity index (χ3v) is 3.55. The zero-order valence-electron chi connectivity index (χ0n) is 13.0. The van der Waals surface area contributed by atoms with Crippen molar-refractivity contribution in [3.63, 3.8) is 0 Å². The van der Waals surface area contributed by atoms with Gasteiger partial charge in [0.15, 0.2) is 17.0 Å². The molecule has 0 radical (unpaired) electrons. The van der Waals surface area contributed by atoms with E-state index in [9.17, 15) is 5.26 Å². The molecule has 0 N–H and O–H groups in total. The number of benzene rings is 1. The van der Waals surface area contributed by atoms with Crippen molar-refractivity contribution in [2.24, 2.45) is 5.92 Å². The minimum atomic E-state index is 0.0707. The molecule has 0 aliphatic heterocycles. The van der Waals surface area contributed by atoms with Gasteiger partial charge in [-0.3, -0.25) is 0 Å². The SMILES string of the molecule is CC(C)Cn1c(-c2ccccc2)cc2nc(C#N)c(C#N)nc21. The molecule has 5 nitrogen and oxygen atoms in total. The third kappa shape index (κ3) is 2.65.